The molecule has 98 valence electrons. The molecule has 0 atom stereocenters. The van der Waals surface area contributed by atoms with Gasteiger partial charge in [0, 0.05) is 11.4 Å². The Hall–Kier alpha value is -2.54. The summed E-state index contributed by atoms with van der Waals surface area (Å²) in [7, 11) is 0. The molecule has 20 heavy (non-hydrogen) atoms. The Balaban J connectivity index is 1.95. The Morgan fingerprint density at radius 1 is 0.600 bits per heavy atom. The van der Waals surface area contributed by atoms with Gasteiger partial charge in [0.2, 0.25) is 0 Å². The number of benzene rings is 3. The smallest absolute Gasteiger partial charge is 0.0393 e. The summed E-state index contributed by atoms with van der Waals surface area (Å²) >= 11 is 0. The van der Waals surface area contributed by atoms with E-state index >= 15 is 0 Å². The molecule has 0 aliphatic carbocycles. The highest BCUT2D eigenvalue weighted by atomic mass is 14.9. The van der Waals surface area contributed by atoms with Gasteiger partial charge in [-0.3, -0.25) is 0 Å². The lowest BCUT2D eigenvalue weighted by atomic mass is 10.0. The zero-order valence-electron chi connectivity index (χ0n) is 11.5. The van der Waals surface area contributed by atoms with E-state index in [1.165, 1.54) is 16.7 Å². The first-order valence-electron chi connectivity index (χ1n) is 6.80. The number of hydrogen-bond donors (Lipinski definition) is 1. The highest BCUT2D eigenvalue weighted by molar-refractivity contribution is 5.71. The molecule has 0 saturated heterocycles. The Morgan fingerprint density at radius 3 is 1.95 bits per heavy atom. The van der Waals surface area contributed by atoms with E-state index in [-0.39, 0.29) is 0 Å². The second-order valence-electron chi connectivity index (χ2n) is 4.94. The molecular weight excluding hydrogens is 242 g/mol. The maximum atomic E-state index is 3.45. The third-order valence-electron chi connectivity index (χ3n) is 3.25. The van der Waals surface area contributed by atoms with E-state index in [4.69, 9.17) is 0 Å². The molecular formula is C19H17N. The number of para-hydroxylation sites is 1. The van der Waals surface area contributed by atoms with Gasteiger partial charge in [-0.15, -0.1) is 0 Å². The van der Waals surface area contributed by atoms with E-state index in [0.29, 0.717) is 0 Å². The lowest BCUT2D eigenvalue weighted by molar-refractivity contribution is 1.44. The molecule has 1 nitrogen and oxygen atoms in total. The predicted octanol–water partition coefficient (Wildman–Crippen LogP) is 5.41. The van der Waals surface area contributed by atoms with Gasteiger partial charge in [-0.2, -0.15) is 0 Å². The monoisotopic (exact) mass is 259 g/mol. The van der Waals surface area contributed by atoms with Crippen LogP contribution in [0.1, 0.15) is 5.56 Å². The molecule has 0 aromatic heterocycles. The van der Waals surface area contributed by atoms with Crippen molar-refractivity contribution in [3.8, 4) is 11.1 Å². The van der Waals surface area contributed by atoms with Crippen molar-refractivity contribution in [2.45, 2.75) is 6.92 Å². The predicted molar refractivity (Wildman–Crippen MR) is 86.3 cm³/mol. The summed E-state index contributed by atoms with van der Waals surface area (Å²) in [5, 5.41) is 3.45. The number of nitrogens with one attached hydrogen (secondary N) is 1. The molecule has 0 aliphatic rings. The molecule has 0 unspecified atom stereocenters. The van der Waals surface area contributed by atoms with Gasteiger partial charge in [0.25, 0.3) is 0 Å². The van der Waals surface area contributed by atoms with Gasteiger partial charge in [-0.25, -0.2) is 0 Å². The van der Waals surface area contributed by atoms with Crippen LogP contribution in [0.3, 0.4) is 0 Å². The highest BCUT2D eigenvalue weighted by Crippen LogP contribution is 2.26. The van der Waals surface area contributed by atoms with Crippen LogP contribution in [0.15, 0.2) is 78.9 Å². The Kier molecular flexibility index (Phi) is 3.51. The summed E-state index contributed by atoms with van der Waals surface area (Å²) in [5.41, 5.74) is 5.97. The van der Waals surface area contributed by atoms with Gasteiger partial charge >= 0.3 is 0 Å². The quantitative estimate of drug-likeness (QED) is 0.663. The fourth-order valence-corrected chi connectivity index (χ4v) is 2.34. The van der Waals surface area contributed by atoms with E-state index in [1.807, 2.05) is 24.3 Å². The third kappa shape index (κ3) is 2.89. The minimum Gasteiger partial charge on any atom is -0.356 e. The SMILES string of the molecule is Cc1cc(Nc2ccccc2)cc(-c2ccccc2)c1. The van der Waals surface area contributed by atoms with Crippen molar-refractivity contribution in [2.24, 2.45) is 0 Å². The Labute approximate surface area is 119 Å². The van der Waals surface area contributed by atoms with Crippen molar-refractivity contribution in [1.29, 1.82) is 0 Å². The Bertz CT molecular complexity index is 687. The number of rotatable bonds is 3. The van der Waals surface area contributed by atoms with Crippen LogP contribution in [-0.4, -0.2) is 0 Å². The van der Waals surface area contributed by atoms with Gasteiger partial charge in [-0.05, 0) is 47.9 Å². The van der Waals surface area contributed by atoms with Gasteiger partial charge in [0.05, 0.1) is 0 Å². The van der Waals surface area contributed by atoms with Gasteiger partial charge in [-0.1, -0.05) is 54.6 Å². The van der Waals surface area contributed by atoms with Crippen molar-refractivity contribution < 1.29 is 0 Å². The summed E-state index contributed by atoms with van der Waals surface area (Å²) in [6, 6.07) is 27.3. The molecule has 0 heterocycles. The van der Waals surface area contributed by atoms with Crippen molar-refractivity contribution in [3.63, 3.8) is 0 Å². The van der Waals surface area contributed by atoms with E-state index in [2.05, 4.69) is 66.8 Å². The van der Waals surface area contributed by atoms with E-state index in [0.717, 1.165) is 11.4 Å². The third-order valence-corrected chi connectivity index (χ3v) is 3.25. The number of hydrogen-bond acceptors (Lipinski definition) is 1. The standard InChI is InChI=1S/C19H17N/c1-15-12-17(16-8-4-2-5-9-16)14-19(13-15)20-18-10-6-3-7-11-18/h2-14,20H,1H3. The molecule has 0 amide bonds. The molecule has 0 fully saturated rings. The molecule has 3 rings (SSSR count). The number of aryl methyl sites for hydroxylation is 1. The molecule has 0 saturated carbocycles. The molecule has 3 aromatic carbocycles. The van der Waals surface area contributed by atoms with E-state index in [9.17, 15) is 0 Å². The van der Waals surface area contributed by atoms with Gasteiger partial charge in [0.1, 0.15) is 0 Å². The van der Waals surface area contributed by atoms with Crippen molar-refractivity contribution in [2.75, 3.05) is 5.32 Å². The molecule has 1 heteroatoms. The summed E-state index contributed by atoms with van der Waals surface area (Å²) in [6.45, 7) is 2.13. The van der Waals surface area contributed by atoms with E-state index in [1.54, 1.807) is 0 Å². The minimum atomic E-state index is 1.11. The lowest BCUT2D eigenvalue weighted by Gasteiger charge is -2.10. The summed E-state index contributed by atoms with van der Waals surface area (Å²) in [5.74, 6) is 0. The summed E-state index contributed by atoms with van der Waals surface area (Å²) in [4.78, 5) is 0. The first-order chi connectivity index (χ1) is 9.81. The molecule has 0 bridgehead atoms. The number of anilines is 2. The van der Waals surface area contributed by atoms with Crippen LogP contribution in [0.4, 0.5) is 11.4 Å². The van der Waals surface area contributed by atoms with Crippen molar-refractivity contribution in [3.05, 3.63) is 84.4 Å². The summed E-state index contributed by atoms with van der Waals surface area (Å²) in [6.07, 6.45) is 0. The topological polar surface area (TPSA) is 12.0 Å². The normalized spacial score (nSPS) is 10.2. The first-order valence-corrected chi connectivity index (χ1v) is 6.80. The van der Waals surface area contributed by atoms with Crippen molar-refractivity contribution in [1.82, 2.24) is 0 Å². The largest absolute Gasteiger partial charge is 0.356 e. The zero-order valence-corrected chi connectivity index (χ0v) is 11.5. The maximum Gasteiger partial charge on any atom is 0.0393 e. The first kappa shape index (κ1) is 12.5. The summed E-state index contributed by atoms with van der Waals surface area (Å²) < 4.78 is 0. The fourth-order valence-electron chi connectivity index (χ4n) is 2.34. The molecule has 1 N–H and O–H groups in total. The second kappa shape index (κ2) is 5.62. The average Bonchev–Trinajstić information content (AvgIpc) is 2.49. The zero-order chi connectivity index (χ0) is 13.8. The fraction of sp³-hybridized carbons (Fsp3) is 0.0526. The molecule has 3 aromatic rings. The van der Waals surface area contributed by atoms with Crippen LogP contribution in [0.5, 0.6) is 0 Å². The molecule has 0 radical (unpaired) electrons. The van der Waals surface area contributed by atoms with Crippen LogP contribution in [-0.2, 0) is 0 Å². The van der Waals surface area contributed by atoms with Gasteiger partial charge in [0.15, 0.2) is 0 Å². The molecule has 0 aliphatic heterocycles. The second-order valence-corrected chi connectivity index (χ2v) is 4.94. The van der Waals surface area contributed by atoms with Crippen LogP contribution < -0.4 is 5.32 Å². The van der Waals surface area contributed by atoms with Crippen LogP contribution in [0.2, 0.25) is 0 Å². The Morgan fingerprint density at radius 2 is 1.25 bits per heavy atom. The van der Waals surface area contributed by atoms with Gasteiger partial charge < -0.3 is 5.32 Å². The van der Waals surface area contributed by atoms with Crippen LogP contribution in [0, 0.1) is 6.92 Å². The highest BCUT2D eigenvalue weighted by Gasteiger charge is 2.01. The average molecular weight is 259 g/mol. The van der Waals surface area contributed by atoms with Crippen molar-refractivity contribution >= 4 is 11.4 Å². The van der Waals surface area contributed by atoms with Crippen LogP contribution in [0.25, 0.3) is 11.1 Å². The minimum absolute atomic E-state index is 1.11. The molecule has 0 spiro atoms. The maximum absolute atomic E-state index is 3.45. The lowest BCUT2D eigenvalue weighted by Crippen LogP contribution is -1.91. The van der Waals surface area contributed by atoms with E-state index < -0.39 is 0 Å². The van der Waals surface area contributed by atoms with Crippen LogP contribution >= 0.6 is 0 Å².